The summed E-state index contributed by atoms with van der Waals surface area (Å²) in [4.78, 5) is 10.9. The molecule has 1 fully saturated rings. The van der Waals surface area contributed by atoms with Crippen LogP contribution in [-0.4, -0.2) is 24.7 Å². The molecule has 0 bridgehead atoms. The number of methoxy groups -OCH3 is 1. The molecule has 5 heteroatoms. The third-order valence-electron chi connectivity index (χ3n) is 3.06. The maximum absolute atomic E-state index is 10.9. The fourth-order valence-corrected chi connectivity index (χ4v) is 2.47. The number of benzene rings is 1. The number of carboxylic acid groups (broad SMARTS) is 1. The minimum atomic E-state index is -0.772. The highest BCUT2D eigenvalue weighted by molar-refractivity contribution is 6.31. The van der Waals surface area contributed by atoms with Crippen LogP contribution in [0, 0.1) is 5.92 Å². The second-order valence-corrected chi connectivity index (χ2v) is 4.49. The van der Waals surface area contributed by atoms with Gasteiger partial charge in [0.1, 0.15) is 5.75 Å². The predicted octanol–water partition coefficient (Wildman–Crippen LogP) is 2.08. The zero-order valence-electron chi connectivity index (χ0n) is 9.44. The molecule has 1 aromatic rings. The van der Waals surface area contributed by atoms with E-state index in [1.165, 1.54) is 0 Å². The van der Waals surface area contributed by atoms with Gasteiger partial charge in [-0.05, 0) is 18.6 Å². The van der Waals surface area contributed by atoms with E-state index < -0.39 is 5.97 Å². The molecule has 1 aliphatic rings. The van der Waals surface area contributed by atoms with E-state index in [0.29, 0.717) is 23.7 Å². The Balaban J connectivity index is 2.26. The molecule has 0 saturated carbocycles. The highest BCUT2D eigenvalue weighted by Gasteiger charge is 2.32. The summed E-state index contributed by atoms with van der Waals surface area (Å²) in [5, 5.41) is 12.7. The lowest BCUT2D eigenvalue weighted by Gasteiger charge is -2.16. The first kappa shape index (κ1) is 12.2. The molecule has 2 N–H and O–H groups in total. The fraction of sp³-hybridized carbons (Fsp3) is 0.417. The third-order valence-corrected chi connectivity index (χ3v) is 3.39. The van der Waals surface area contributed by atoms with E-state index in [-0.39, 0.29) is 12.0 Å². The molecule has 2 rings (SSSR count). The van der Waals surface area contributed by atoms with E-state index in [0.717, 1.165) is 5.56 Å². The Bertz CT molecular complexity index is 436. The molecule has 0 radical (unpaired) electrons. The van der Waals surface area contributed by atoms with Crippen LogP contribution in [0.4, 0.5) is 0 Å². The molecule has 1 aromatic carbocycles. The summed E-state index contributed by atoms with van der Waals surface area (Å²) >= 11 is 6.15. The van der Waals surface area contributed by atoms with Crippen molar-refractivity contribution in [2.45, 2.75) is 12.5 Å². The molecule has 92 valence electrons. The van der Waals surface area contributed by atoms with Crippen molar-refractivity contribution in [3.63, 3.8) is 0 Å². The molecule has 1 saturated heterocycles. The van der Waals surface area contributed by atoms with Crippen LogP contribution in [0.15, 0.2) is 18.2 Å². The van der Waals surface area contributed by atoms with Gasteiger partial charge >= 0.3 is 5.97 Å². The SMILES string of the molecule is COc1cccc(Cl)c1C1CC(C(=O)O)CN1. The van der Waals surface area contributed by atoms with Crippen molar-refractivity contribution in [3.8, 4) is 5.75 Å². The maximum Gasteiger partial charge on any atom is 0.307 e. The molecule has 0 aromatic heterocycles. The first-order valence-corrected chi connectivity index (χ1v) is 5.80. The average Bonchev–Trinajstić information content (AvgIpc) is 2.77. The van der Waals surface area contributed by atoms with Gasteiger partial charge in [-0.25, -0.2) is 0 Å². The minimum absolute atomic E-state index is 0.0558. The van der Waals surface area contributed by atoms with Crippen LogP contribution in [0.3, 0.4) is 0 Å². The fourth-order valence-electron chi connectivity index (χ4n) is 2.18. The molecule has 0 spiro atoms. The molecular formula is C12H14ClNO3. The molecule has 0 amide bonds. The Morgan fingerprint density at radius 3 is 2.94 bits per heavy atom. The second kappa shape index (κ2) is 4.94. The zero-order valence-corrected chi connectivity index (χ0v) is 10.2. The number of ether oxygens (including phenoxy) is 1. The second-order valence-electron chi connectivity index (χ2n) is 4.09. The van der Waals surface area contributed by atoms with Crippen LogP contribution < -0.4 is 10.1 Å². The number of hydrogen-bond donors (Lipinski definition) is 2. The Morgan fingerprint density at radius 1 is 1.59 bits per heavy atom. The van der Waals surface area contributed by atoms with Crippen molar-refractivity contribution in [1.82, 2.24) is 5.32 Å². The van der Waals surface area contributed by atoms with E-state index in [4.69, 9.17) is 21.4 Å². The smallest absolute Gasteiger partial charge is 0.307 e. The normalized spacial score (nSPS) is 23.6. The summed E-state index contributed by atoms with van der Waals surface area (Å²) < 4.78 is 5.26. The Morgan fingerprint density at radius 2 is 2.35 bits per heavy atom. The first-order valence-electron chi connectivity index (χ1n) is 5.42. The van der Waals surface area contributed by atoms with Crippen LogP contribution >= 0.6 is 11.6 Å². The van der Waals surface area contributed by atoms with Crippen LogP contribution in [-0.2, 0) is 4.79 Å². The van der Waals surface area contributed by atoms with Crippen molar-refractivity contribution in [2.75, 3.05) is 13.7 Å². The lowest BCUT2D eigenvalue weighted by atomic mass is 9.99. The summed E-state index contributed by atoms with van der Waals surface area (Å²) in [6.45, 7) is 0.467. The first-order chi connectivity index (χ1) is 8.13. The van der Waals surface area contributed by atoms with Gasteiger partial charge in [-0.2, -0.15) is 0 Å². The lowest BCUT2D eigenvalue weighted by Crippen LogP contribution is -2.17. The molecule has 4 nitrogen and oxygen atoms in total. The number of rotatable bonds is 3. The molecule has 2 unspecified atom stereocenters. The summed E-state index contributed by atoms with van der Waals surface area (Å²) in [6, 6.07) is 5.38. The maximum atomic E-state index is 10.9. The summed E-state index contributed by atoms with van der Waals surface area (Å²) in [7, 11) is 1.58. The van der Waals surface area contributed by atoms with Gasteiger partial charge in [0.15, 0.2) is 0 Å². The minimum Gasteiger partial charge on any atom is -0.496 e. The average molecular weight is 256 g/mol. The Kier molecular flexibility index (Phi) is 3.54. The van der Waals surface area contributed by atoms with Gasteiger partial charge in [-0.15, -0.1) is 0 Å². The van der Waals surface area contributed by atoms with Crippen LogP contribution in [0.5, 0.6) is 5.75 Å². The Hall–Kier alpha value is -1.26. The summed E-state index contributed by atoms with van der Waals surface area (Å²) in [5.74, 6) is -0.437. The zero-order chi connectivity index (χ0) is 12.4. The third kappa shape index (κ3) is 2.37. The van der Waals surface area contributed by atoms with Gasteiger partial charge in [0.25, 0.3) is 0 Å². The van der Waals surface area contributed by atoms with E-state index in [2.05, 4.69) is 5.32 Å². The van der Waals surface area contributed by atoms with Gasteiger partial charge in [-0.1, -0.05) is 17.7 Å². The van der Waals surface area contributed by atoms with Gasteiger partial charge in [-0.3, -0.25) is 4.79 Å². The van der Waals surface area contributed by atoms with E-state index in [9.17, 15) is 4.79 Å². The highest BCUT2D eigenvalue weighted by atomic mass is 35.5. The molecule has 2 atom stereocenters. The number of carbonyl (C=O) groups is 1. The number of hydrogen-bond acceptors (Lipinski definition) is 3. The van der Waals surface area contributed by atoms with Crippen molar-refractivity contribution < 1.29 is 14.6 Å². The molecule has 1 heterocycles. The van der Waals surface area contributed by atoms with E-state index in [1.807, 2.05) is 12.1 Å². The van der Waals surface area contributed by atoms with Crippen LogP contribution in [0.2, 0.25) is 5.02 Å². The summed E-state index contributed by atoms with van der Waals surface area (Å²) in [6.07, 6.45) is 0.537. The van der Waals surface area contributed by atoms with Gasteiger partial charge in [0.2, 0.25) is 0 Å². The molecule has 0 aliphatic carbocycles. The van der Waals surface area contributed by atoms with Crippen molar-refractivity contribution in [3.05, 3.63) is 28.8 Å². The molecule has 1 aliphatic heterocycles. The van der Waals surface area contributed by atoms with E-state index >= 15 is 0 Å². The van der Waals surface area contributed by atoms with Crippen LogP contribution in [0.1, 0.15) is 18.0 Å². The van der Waals surface area contributed by atoms with Crippen molar-refractivity contribution in [2.24, 2.45) is 5.92 Å². The van der Waals surface area contributed by atoms with Crippen LogP contribution in [0.25, 0.3) is 0 Å². The molecule has 17 heavy (non-hydrogen) atoms. The van der Waals surface area contributed by atoms with Crippen molar-refractivity contribution in [1.29, 1.82) is 0 Å². The highest BCUT2D eigenvalue weighted by Crippen LogP contribution is 2.37. The standard InChI is InChI=1S/C12H14ClNO3/c1-17-10-4-2-3-8(13)11(10)9-5-7(6-14-9)12(15)16/h2-4,7,9,14H,5-6H2,1H3,(H,15,16). The van der Waals surface area contributed by atoms with Gasteiger partial charge < -0.3 is 15.2 Å². The number of aliphatic carboxylic acids is 1. The summed E-state index contributed by atoms with van der Waals surface area (Å²) in [5.41, 5.74) is 0.848. The predicted molar refractivity (Wildman–Crippen MR) is 64.5 cm³/mol. The quantitative estimate of drug-likeness (QED) is 0.868. The topological polar surface area (TPSA) is 58.6 Å². The monoisotopic (exact) mass is 255 g/mol. The number of nitrogens with one attached hydrogen (secondary N) is 1. The largest absolute Gasteiger partial charge is 0.496 e. The Labute approximate surface area is 105 Å². The van der Waals surface area contributed by atoms with Gasteiger partial charge in [0, 0.05) is 23.2 Å². The number of halogens is 1. The van der Waals surface area contributed by atoms with Gasteiger partial charge in [0.05, 0.1) is 13.0 Å². The lowest BCUT2D eigenvalue weighted by molar-refractivity contribution is -0.141. The van der Waals surface area contributed by atoms with Crippen molar-refractivity contribution >= 4 is 17.6 Å². The number of carboxylic acids is 1. The van der Waals surface area contributed by atoms with E-state index in [1.54, 1.807) is 13.2 Å². The molecular weight excluding hydrogens is 242 g/mol.